The topological polar surface area (TPSA) is 29.5 Å². The molecule has 0 N–H and O–H groups in total. The summed E-state index contributed by atoms with van der Waals surface area (Å²) in [5.74, 6) is -0.0652. The van der Waals surface area contributed by atoms with Gasteiger partial charge < -0.3 is 4.74 Å². The molecule has 0 spiro atoms. The van der Waals surface area contributed by atoms with Crippen molar-refractivity contribution >= 4 is 27.4 Å². The van der Waals surface area contributed by atoms with Gasteiger partial charge >= 0.3 is 5.97 Å². The maximum absolute atomic E-state index is 13.1. The van der Waals surface area contributed by atoms with Crippen LogP contribution in [0.5, 0.6) is 0 Å². The van der Waals surface area contributed by atoms with E-state index in [0.29, 0.717) is 0 Å². The molecule has 152 valence electrons. The van der Waals surface area contributed by atoms with Gasteiger partial charge in [-0.05, 0) is 50.8 Å². The molecule has 4 heteroatoms. The van der Waals surface area contributed by atoms with Gasteiger partial charge in [0.25, 0.3) is 0 Å². The molecule has 3 aromatic rings. The molecule has 3 atom stereocenters. The molecule has 1 aromatic heterocycles. The monoisotopic (exact) mass is 407 g/mol. The summed E-state index contributed by atoms with van der Waals surface area (Å²) in [6.07, 6.45) is 0. The normalized spacial score (nSPS) is 21.4. The first-order valence-electron chi connectivity index (χ1n) is 10.3. The third-order valence-corrected chi connectivity index (χ3v) is 6.95. The molecule has 0 saturated carbocycles. The first-order valence-corrected chi connectivity index (χ1v) is 11.1. The van der Waals surface area contributed by atoms with E-state index in [4.69, 9.17) is 4.74 Å². The number of benzene rings is 2. The van der Waals surface area contributed by atoms with Crippen LogP contribution in [0.15, 0.2) is 60.7 Å². The van der Waals surface area contributed by atoms with Crippen molar-refractivity contribution in [2.75, 3.05) is 13.1 Å². The Morgan fingerprint density at radius 3 is 2.45 bits per heavy atom. The minimum atomic E-state index is -0.472. The van der Waals surface area contributed by atoms with E-state index in [1.807, 2.05) is 38.2 Å². The highest BCUT2D eigenvalue weighted by atomic mass is 32.1. The summed E-state index contributed by atoms with van der Waals surface area (Å²) in [6, 6.07) is 21.5. The van der Waals surface area contributed by atoms with Crippen LogP contribution < -0.4 is 0 Å². The maximum Gasteiger partial charge on any atom is 0.311 e. The van der Waals surface area contributed by atoms with E-state index in [2.05, 4.69) is 66.4 Å². The molecule has 1 saturated heterocycles. The average Bonchev–Trinajstić information content (AvgIpc) is 3.31. The molecular weight excluding hydrogens is 378 g/mol. The van der Waals surface area contributed by atoms with Gasteiger partial charge in [0.2, 0.25) is 0 Å². The zero-order valence-electron chi connectivity index (χ0n) is 17.6. The molecule has 1 fully saturated rings. The highest BCUT2D eigenvalue weighted by molar-refractivity contribution is 7.19. The van der Waals surface area contributed by atoms with Crippen molar-refractivity contribution in [1.82, 2.24) is 4.90 Å². The van der Waals surface area contributed by atoms with Crippen molar-refractivity contribution in [3.05, 3.63) is 71.1 Å². The Bertz CT molecular complexity index is 956. The smallest absolute Gasteiger partial charge is 0.311 e. The van der Waals surface area contributed by atoms with Crippen LogP contribution in [-0.4, -0.2) is 29.6 Å². The lowest BCUT2D eigenvalue weighted by atomic mass is 9.94. The first-order chi connectivity index (χ1) is 13.8. The van der Waals surface area contributed by atoms with Crippen molar-refractivity contribution in [2.24, 2.45) is 5.92 Å². The number of hydrogen-bond acceptors (Lipinski definition) is 4. The Hall–Kier alpha value is -2.17. The van der Waals surface area contributed by atoms with Crippen molar-refractivity contribution in [3.8, 4) is 0 Å². The SMILES string of the molecule is CC(c1ccccc1)N1CC(C(=O)OC(C)(C)C)C(c2cc3ccccc3s2)C1. The summed E-state index contributed by atoms with van der Waals surface area (Å²) in [5, 5.41) is 1.25. The lowest BCUT2D eigenvalue weighted by Crippen LogP contribution is -2.32. The standard InChI is InChI=1S/C25H29NO2S/c1-17(18-10-6-5-7-11-18)26-15-20(21(16-26)24(27)28-25(2,3)4)23-14-19-12-8-9-13-22(19)29-23/h5-14,17,20-21H,15-16H2,1-4H3. The molecule has 4 rings (SSSR count). The van der Waals surface area contributed by atoms with Crippen molar-refractivity contribution < 1.29 is 9.53 Å². The molecule has 3 unspecified atom stereocenters. The summed E-state index contributed by atoms with van der Waals surface area (Å²) < 4.78 is 7.10. The van der Waals surface area contributed by atoms with E-state index < -0.39 is 5.60 Å². The maximum atomic E-state index is 13.1. The second-order valence-corrected chi connectivity index (χ2v) is 10.1. The number of carbonyl (C=O) groups is 1. The minimum absolute atomic E-state index is 0.0808. The minimum Gasteiger partial charge on any atom is -0.460 e. The summed E-state index contributed by atoms with van der Waals surface area (Å²) in [5.41, 5.74) is 0.813. The largest absolute Gasteiger partial charge is 0.460 e. The molecule has 0 aliphatic carbocycles. The van der Waals surface area contributed by atoms with Crippen molar-refractivity contribution in [1.29, 1.82) is 0 Å². The number of ether oxygens (including phenoxy) is 1. The Morgan fingerprint density at radius 2 is 1.76 bits per heavy atom. The van der Waals surface area contributed by atoms with E-state index in [-0.39, 0.29) is 23.8 Å². The van der Waals surface area contributed by atoms with E-state index in [1.165, 1.54) is 20.5 Å². The Kier molecular flexibility index (Phi) is 5.50. The Morgan fingerprint density at radius 1 is 1.07 bits per heavy atom. The van der Waals surface area contributed by atoms with Gasteiger partial charge in [0.1, 0.15) is 5.60 Å². The quantitative estimate of drug-likeness (QED) is 0.495. The molecule has 1 aliphatic heterocycles. The lowest BCUT2D eigenvalue weighted by molar-refractivity contribution is -0.160. The average molecular weight is 408 g/mol. The zero-order valence-corrected chi connectivity index (χ0v) is 18.4. The van der Waals surface area contributed by atoms with Gasteiger partial charge in [0.15, 0.2) is 0 Å². The molecule has 2 aromatic carbocycles. The number of hydrogen-bond donors (Lipinski definition) is 0. The lowest BCUT2D eigenvalue weighted by Gasteiger charge is -2.25. The van der Waals surface area contributed by atoms with Crippen LogP contribution in [0.3, 0.4) is 0 Å². The molecule has 3 nitrogen and oxygen atoms in total. The van der Waals surface area contributed by atoms with Crippen LogP contribution in [0.4, 0.5) is 0 Å². The fraction of sp³-hybridized carbons (Fsp3) is 0.400. The number of carbonyl (C=O) groups excluding carboxylic acids is 1. The number of nitrogens with zero attached hydrogens (tertiary/aromatic N) is 1. The van der Waals surface area contributed by atoms with Gasteiger partial charge in [0.05, 0.1) is 5.92 Å². The molecule has 29 heavy (non-hydrogen) atoms. The number of likely N-dealkylation sites (tertiary alicyclic amines) is 1. The molecule has 2 heterocycles. The van der Waals surface area contributed by atoms with Gasteiger partial charge in [-0.3, -0.25) is 9.69 Å². The molecule has 0 radical (unpaired) electrons. The first kappa shape index (κ1) is 20.1. The molecule has 0 amide bonds. The van der Waals surface area contributed by atoms with Crippen LogP contribution in [0.2, 0.25) is 0 Å². The number of thiophene rings is 1. The van der Waals surface area contributed by atoms with Crippen LogP contribution >= 0.6 is 11.3 Å². The van der Waals surface area contributed by atoms with E-state index >= 15 is 0 Å². The van der Waals surface area contributed by atoms with Crippen LogP contribution in [0.25, 0.3) is 10.1 Å². The zero-order chi connectivity index (χ0) is 20.6. The van der Waals surface area contributed by atoms with Gasteiger partial charge in [-0.1, -0.05) is 48.5 Å². The second-order valence-electron chi connectivity index (χ2n) is 8.97. The van der Waals surface area contributed by atoms with Crippen molar-refractivity contribution in [2.45, 2.75) is 45.3 Å². The molecular formula is C25H29NO2S. The van der Waals surface area contributed by atoms with E-state index in [9.17, 15) is 4.79 Å². The summed E-state index contributed by atoms with van der Waals surface area (Å²) >= 11 is 1.81. The fourth-order valence-corrected chi connectivity index (χ4v) is 5.40. The van der Waals surface area contributed by atoms with Crippen LogP contribution in [0.1, 0.15) is 50.1 Å². The number of fused-ring (bicyclic) bond motifs is 1. The summed E-state index contributed by atoms with van der Waals surface area (Å²) in [7, 11) is 0. The third kappa shape index (κ3) is 4.39. The third-order valence-electron chi connectivity index (χ3n) is 5.70. The highest BCUT2D eigenvalue weighted by Gasteiger charge is 2.42. The van der Waals surface area contributed by atoms with Gasteiger partial charge in [-0.25, -0.2) is 0 Å². The predicted octanol–water partition coefficient (Wildman–Crippen LogP) is 6.02. The van der Waals surface area contributed by atoms with Crippen molar-refractivity contribution in [3.63, 3.8) is 0 Å². The van der Waals surface area contributed by atoms with E-state index in [0.717, 1.165) is 13.1 Å². The van der Waals surface area contributed by atoms with Gasteiger partial charge in [-0.15, -0.1) is 11.3 Å². The summed E-state index contributed by atoms with van der Waals surface area (Å²) in [4.78, 5) is 16.8. The molecule has 0 bridgehead atoms. The van der Waals surface area contributed by atoms with Gasteiger partial charge in [-0.2, -0.15) is 0 Å². The van der Waals surface area contributed by atoms with Gasteiger partial charge in [0, 0.05) is 34.6 Å². The second kappa shape index (κ2) is 7.92. The highest BCUT2D eigenvalue weighted by Crippen LogP contribution is 2.42. The Labute approximate surface area is 177 Å². The Balaban J connectivity index is 1.65. The summed E-state index contributed by atoms with van der Waals surface area (Å²) in [6.45, 7) is 9.65. The molecule has 1 aliphatic rings. The fourth-order valence-electron chi connectivity index (χ4n) is 4.18. The predicted molar refractivity (Wildman–Crippen MR) is 120 cm³/mol. The van der Waals surface area contributed by atoms with Crippen LogP contribution in [0, 0.1) is 5.92 Å². The number of esters is 1. The number of rotatable bonds is 4. The van der Waals surface area contributed by atoms with Crippen LogP contribution in [-0.2, 0) is 9.53 Å². The van der Waals surface area contributed by atoms with E-state index in [1.54, 1.807) is 0 Å².